The molecular weight excluding hydrogens is 512 g/mol. The van der Waals surface area contributed by atoms with Gasteiger partial charge in [-0.15, -0.1) is 10.2 Å². The third-order valence-corrected chi connectivity index (χ3v) is 8.24. The van der Waals surface area contributed by atoms with E-state index < -0.39 is 15.4 Å². The summed E-state index contributed by atoms with van der Waals surface area (Å²) in [5.74, 6) is -0.213. The van der Waals surface area contributed by atoms with Crippen molar-refractivity contribution in [1.29, 1.82) is 0 Å². The van der Waals surface area contributed by atoms with Crippen LogP contribution in [0.15, 0.2) is 87.9 Å². The van der Waals surface area contributed by atoms with Crippen LogP contribution in [0.5, 0.6) is 5.75 Å². The second-order valence-electron chi connectivity index (χ2n) is 10.4. The highest BCUT2D eigenvalue weighted by Crippen LogP contribution is 2.40. The monoisotopic (exact) mass is 544 g/mol. The van der Waals surface area contributed by atoms with Crippen LogP contribution in [0.3, 0.4) is 0 Å². The smallest absolute Gasteiger partial charge is 0.266 e. The molecule has 0 fully saturated rings. The van der Waals surface area contributed by atoms with Crippen LogP contribution in [0.1, 0.15) is 43.6 Å². The van der Waals surface area contributed by atoms with Crippen LogP contribution >= 0.6 is 0 Å². The van der Waals surface area contributed by atoms with Crippen molar-refractivity contribution < 1.29 is 18.3 Å². The topological polar surface area (TPSA) is 125 Å². The summed E-state index contributed by atoms with van der Waals surface area (Å²) < 4.78 is 29.3. The van der Waals surface area contributed by atoms with Crippen LogP contribution in [0.2, 0.25) is 0 Å². The van der Waals surface area contributed by atoms with Gasteiger partial charge < -0.3 is 10.8 Å². The zero-order valence-electron chi connectivity index (χ0n) is 22.6. The lowest BCUT2D eigenvalue weighted by molar-refractivity contribution is 0.0858. The first-order valence-electron chi connectivity index (χ1n) is 12.5. The lowest BCUT2D eigenvalue weighted by Crippen LogP contribution is -2.31. The van der Waals surface area contributed by atoms with Crippen molar-refractivity contribution in [2.45, 2.75) is 39.5 Å². The first kappa shape index (κ1) is 27.8. The third kappa shape index (κ3) is 5.49. The molecule has 0 radical (unpaired) electrons. The Morgan fingerprint density at radius 3 is 2.31 bits per heavy atom. The first-order chi connectivity index (χ1) is 18.3. The lowest BCUT2D eigenvalue weighted by atomic mass is 9.86. The molecule has 4 aromatic carbocycles. The minimum Gasteiger partial charge on any atom is -0.507 e. The van der Waals surface area contributed by atoms with Crippen molar-refractivity contribution in [3.63, 3.8) is 0 Å². The van der Waals surface area contributed by atoms with E-state index in [1.54, 1.807) is 82.3 Å². The van der Waals surface area contributed by atoms with E-state index in [0.717, 1.165) is 10.9 Å². The number of hydrogen-bond acceptors (Lipinski definition) is 7. The molecule has 202 valence electrons. The third-order valence-electron chi connectivity index (χ3n) is 6.31. The molecule has 0 aliphatic rings. The van der Waals surface area contributed by atoms with Crippen molar-refractivity contribution in [1.82, 2.24) is 0 Å². The normalized spacial score (nSPS) is 12.2. The van der Waals surface area contributed by atoms with Gasteiger partial charge in [-0.2, -0.15) is 0 Å². The molecule has 0 bridgehead atoms. The van der Waals surface area contributed by atoms with Crippen LogP contribution in [0, 0.1) is 12.3 Å². The van der Waals surface area contributed by atoms with Crippen LogP contribution < -0.4 is 10.0 Å². The predicted octanol–water partition coefficient (Wildman–Crippen LogP) is 7.30. The van der Waals surface area contributed by atoms with Crippen molar-refractivity contribution in [3.8, 4) is 5.75 Å². The highest BCUT2D eigenvalue weighted by Gasteiger charge is 2.30. The number of sulfonamides is 1. The fraction of sp³-hybridized carbons (Fsp3) is 0.233. The number of nitrogens with zero attached hydrogens (tertiary/aromatic N) is 3. The summed E-state index contributed by atoms with van der Waals surface area (Å²) in [6.07, 6.45) is 0. The van der Waals surface area contributed by atoms with Gasteiger partial charge in [0.05, 0.1) is 16.8 Å². The quantitative estimate of drug-likeness (QED) is 0.143. The molecule has 9 heteroatoms. The molecule has 39 heavy (non-hydrogen) atoms. The number of carbonyl (C=O) groups excluding carboxylic acids is 1. The zero-order valence-corrected chi connectivity index (χ0v) is 23.5. The standard InChI is InChI=1S/C30H32N4O4S/c1-6-34(22-10-8-7-9-11-22)39(37,38)26-18-21(29(36)30(3,4)5)13-15-24(26)32-33-28-23(31)14-12-20-16-19(2)17-25(35)27(20)28/h7-18,35H,6,31H2,1-5H3. The number of ketones is 1. The summed E-state index contributed by atoms with van der Waals surface area (Å²) in [4.78, 5) is 12.9. The number of phenolic OH excluding ortho intramolecular Hbond substituents is 1. The van der Waals surface area contributed by atoms with Gasteiger partial charge in [0.1, 0.15) is 22.0 Å². The number of para-hydroxylation sites is 1. The summed E-state index contributed by atoms with van der Waals surface area (Å²) in [7, 11) is -4.16. The molecule has 0 aliphatic heterocycles. The number of benzene rings is 4. The summed E-state index contributed by atoms with van der Waals surface area (Å²) in [6, 6.07) is 20.0. The van der Waals surface area contributed by atoms with Gasteiger partial charge in [-0.3, -0.25) is 9.10 Å². The van der Waals surface area contributed by atoms with Crippen LogP contribution in [-0.4, -0.2) is 25.9 Å². The number of anilines is 2. The van der Waals surface area contributed by atoms with Crippen LogP contribution in [-0.2, 0) is 10.0 Å². The molecule has 0 aliphatic carbocycles. The SMILES string of the molecule is CCN(c1ccccc1)S(=O)(=O)c1cc(C(=O)C(C)(C)C)ccc1N=Nc1c(N)ccc2cc(C)cc(O)c12. The fourth-order valence-electron chi connectivity index (χ4n) is 4.38. The Kier molecular flexibility index (Phi) is 7.48. The average Bonchev–Trinajstić information content (AvgIpc) is 2.88. The number of hydrogen-bond donors (Lipinski definition) is 2. The van der Waals surface area contributed by atoms with Crippen molar-refractivity contribution >= 4 is 49.3 Å². The number of carbonyl (C=O) groups is 1. The number of aryl methyl sites for hydroxylation is 1. The maximum atomic E-state index is 14.0. The summed E-state index contributed by atoms with van der Waals surface area (Å²) in [5, 5.41) is 20.4. The van der Waals surface area contributed by atoms with E-state index in [1.807, 2.05) is 13.0 Å². The lowest BCUT2D eigenvalue weighted by Gasteiger charge is -2.24. The number of rotatable bonds is 7. The van der Waals surface area contributed by atoms with Crippen molar-refractivity contribution in [3.05, 3.63) is 83.9 Å². The van der Waals surface area contributed by atoms with Gasteiger partial charge in [0.2, 0.25) is 0 Å². The minimum atomic E-state index is -4.16. The second kappa shape index (κ2) is 10.5. The molecule has 0 saturated carbocycles. The Labute approximate surface area is 228 Å². The molecule has 0 amide bonds. The molecule has 4 aromatic rings. The molecular formula is C30H32N4O4S. The maximum absolute atomic E-state index is 14.0. The predicted molar refractivity (Wildman–Crippen MR) is 156 cm³/mol. The Balaban J connectivity index is 1.93. The number of azo groups is 1. The average molecular weight is 545 g/mol. The van der Waals surface area contributed by atoms with Crippen molar-refractivity contribution in [2.24, 2.45) is 15.6 Å². The molecule has 4 rings (SSSR count). The van der Waals surface area contributed by atoms with E-state index >= 15 is 0 Å². The van der Waals surface area contributed by atoms with Gasteiger partial charge >= 0.3 is 0 Å². The number of fused-ring (bicyclic) bond motifs is 1. The zero-order chi connectivity index (χ0) is 28.5. The van der Waals surface area contributed by atoms with Gasteiger partial charge in [-0.1, -0.05) is 51.1 Å². The van der Waals surface area contributed by atoms with Gasteiger partial charge in [-0.05, 0) is 67.3 Å². The van der Waals surface area contributed by atoms with E-state index in [9.17, 15) is 18.3 Å². The first-order valence-corrected chi connectivity index (χ1v) is 14.0. The Bertz CT molecular complexity index is 1690. The highest BCUT2D eigenvalue weighted by molar-refractivity contribution is 7.93. The second-order valence-corrected chi connectivity index (χ2v) is 12.2. The number of nitrogens with two attached hydrogens (primary N) is 1. The van der Waals surface area contributed by atoms with Gasteiger partial charge in [-0.25, -0.2) is 8.42 Å². The Morgan fingerprint density at radius 2 is 1.67 bits per heavy atom. The summed E-state index contributed by atoms with van der Waals surface area (Å²) >= 11 is 0. The largest absolute Gasteiger partial charge is 0.507 e. The van der Waals surface area contributed by atoms with E-state index in [0.29, 0.717) is 11.1 Å². The Morgan fingerprint density at radius 1 is 0.974 bits per heavy atom. The van der Waals surface area contributed by atoms with Crippen LogP contribution in [0.4, 0.5) is 22.7 Å². The van der Waals surface area contributed by atoms with Gasteiger partial charge in [0.15, 0.2) is 5.78 Å². The van der Waals surface area contributed by atoms with E-state index in [2.05, 4.69) is 10.2 Å². The molecule has 0 atom stereocenters. The number of phenols is 1. The Hall–Kier alpha value is -4.24. The molecule has 0 aromatic heterocycles. The van der Waals surface area contributed by atoms with Crippen LogP contribution in [0.25, 0.3) is 10.8 Å². The van der Waals surface area contributed by atoms with Crippen molar-refractivity contribution in [2.75, 3.05) is 16.6 Å². The highest BCUT2D eigenvalue weighted by atomic mass is 32.2. The molecule has 0 spiro atoms. The number of aromatic hydroxyl groups is 1. The summed E-state index contributed by atoms with van der Waals surface area (Å²) in [6.45, 7) is 9.08. The minimum absolute atomic E-state index is 0.00791. The van der Waals surface area contributed by atoms with E-state index in [-0.39, 0.29) is 45.6 Å². The van der Waals surface area contributed by atoms with Gasteiger partial charge in [0.25, 0.3) is 10.0 Å². The molecule has 0 saturated heterocycles. The van der Waals surface area contributed by atoms with E-state index in [4.69, 9.17) is 5.73 Å². The molecule has 0 heterocycles. The molecule has 8 nitrogen and oxygen atoms in total. The molecule has 3 N–H and O–H groups in total. The molecule has 0 unspecified atom stereocenters. The number of Topliss-reactive ketones (excluding diaryl/α,β-unsaturated/α-hetero) is 1. The fourth-order valence-corrected chi connectivity index (χ4v) is 6.01. The van der Waals surface area contributed by atoms with Gasteiger partial charge in [0, 0.05) is 17.5 Å². The summed E-state index contributed by atoms with van der Waals surface area (Å²) in [5.41, 5.74) is 7.61. The number of nitrogen functional groups attached to an aromatic ring is 1. The maximum Gasteiger partial charge on any atom is 0.266 e. The van der Waals surface area contributed by atoms with E-state index in [1.165, 1.54) is 16.4 Å².